The van der Waals surface area contributed by atoms with Crippen molar-refractivity contribution in [3.05, 3.63) is 0 Å². The Bertz CT molecular complexity index is 232. The van der Waals surface area contributed by atoms with Crippen LogP contribution in [0, 0.1) is 11.3 Å². The summed E-state index contributed by atoms with van der Waals surface area (Å²) in [5.74, 6) is 0.597. The Hall–Kier alpha value is -0.570. The number of carbonyl (C=O) groups is 1. The molecule has 1 N–H and O–H groups in total. The molecular weight excluding hydrogens is 190 g/mol. The van der Waals surface area contributed by atoms with Gasteiger partial charge in [-0.05, 0) is 18.3 Å². The summed E-state index contributed by atoms with van der Waals surface area (Å²) in [7, 11) is 0. The lowest BCUT2D eigenvalue weighted by Gasteiger charge is -2.27. The van der Waals surface area contributed by atoms with Crippen molar-refractivity contribution in [2.24, 2.45) is 11.3 Å². The van der Waals surface area contributed by atoms with Crippen LogP contribution in [0.1, 0.15) is 41.0 Å². The van der Waals surface area contributed by atoms with Crippen LogP contribution in [0.5, 0.6) is 0 Å². The SMILES string of the molecule is CC1OC1CC(=O)NCC(C)C(C)(C)C. The number of carbonyl (C=O) groups excluding carboxylic acids is 1. The van der Waals surface area contributed by atoms with Crippen LogP contribution in [-0.4, -0.2) is 24.7 Å². The lowest BCUT2D eigenvalue weighted by molar-refractivity contribution is -0.121. The summed E-state index contributed by atoms with van der Waals surface area (Å²) in [4.78, 5) is 11.5. The minimum absolute atomic E-state index is 0.112. The fraction of sp³-hybridized carbons (Fsp3) is 0.917. The molecule has 1 saturated heterocycles. The first-order valence-electron chi connectivity index (χ1n) is 5.73. The Morgan fingerprint density at radius 2 is 2.00 bits per heavy atom. The molecule has 0 spiro atoms. The normalized spacial score (nSPS) is 27.3. The van der Waals surface area contributed by atoms with Crippen LogP contribution >= 0.6 is 0 Å². The standard InChI is InChI=1S/C12H23NO2/c1-8(12(3,4)5)7-13-11(14)6-10-9(2)15-10/h8-10H,6-7H2,1-5H3,(H,13,14). The first kappa shape index (κ1) is 12.5. The van der Waals surface area contributed by atoms with Crippen LogP contribution in [0.2, 0.25) is 0 Å². The predicted octanol–water partition coefficient (Wildman–Crippen LogP) is 1.96. The molecule has 88 valence electrons. The van der Waals surface area contributed by atoms with Crippen molar-refractivity contribution in [2.45, 2.75) is 53.2 Å². The molecule has 3 heteroatoms. The molecule has 0 aromatic heterocycles. The summed E-state index contributed by atoms with van der Waals surface area (Å²) in [6.45, 7) is 11.5. The average Bonchev–Trinajstić information content (AvgIpc) is 2.75. The molecule has 0 saturated carbocycles. The number of ether oxygens (including phenoxy) is 1. The Kier molecular flexibility index (Phi) is 3.77. The molecule has 1 rings (SSSR count). The van der Waals surface area contributed by atoms with Crippen LogP contribution < -0.4 is 5.32 Å². The summed E-state index contributed by atoms with van der Waals surface area (Å²) in [5, 5.41) is 2.96. The van der Waals surface area contributed by atoms with Gasteiger partial charge in [-0.2, -0.15) is 0 Å². The highest BCUT2D eigenvalue weighted by Crippen LogP contribution is 2.25. The summed E-state index contributed by atoms with van der Waals surface area (Å²) < 4.78 is 5.20. The van der Waals surface area contributed by atoms with Crippen LogP contribution in [0.25, 0.3) is 0 Å². The van der Waals surface area contributed by atoms with Gasteiger partial charge in [0.15, 0.2) is 0 Å². The van der Waals surface area contributed by atoms with E-state index >= 15 is 0 Å². The highest BCUT2D eigenvalue weighted by Gasteiger charge is 2.35. The molecule has 0 radical (unpaired) electrons. The maximum atomic E-state index is 11.5. The fourth-order valence-corrected chi connectivity index (χ4v) is 1.27. The number of amides is 1. The van der Waals surface area contributed by atoms with E-state index in [9.17, 15) is 4.79 Å². The molecule has 0 aromatic rings. The molecule has 15 heavy (non-hydrogen) atoms. The van der Waals surface area contributed by atoms with E-state index in [-0.39, 0.29) is 23.5 Å². The van der Waals surface area contributed by atoms with Gasteiger partial charge in [0.25, 0.3) is 0 Å². The maximum absolute atomic E-state index is 11.5. The molecule has 3 nitrogen and oxygen atoms in total. The Morgan fingerprint density at radius 1 is 1.47 bits per heavy atom. The summed E-state index contributed by atoms with van der Waals surface area (Å²) in [6.07, 6.45) is 0.948. The topological polar surface area (TPSA) is 41.6 Å². The Balaban J connectivity index is 2.16. The van der Waals surface area contributed by atoms with Crippen molar-refractivity contribution >= 4 is 5.91 Å². The van der Waals surface area contributed by atoms with Gasteiger partial charge in [-0.25, -0.2) is 0 Å². The molecule has 1 heterocycles. The second-order valence-electron chi connectivity index (χ2n) is 5.65. The Labute approximate surface area is 92.6 Å². The van der Waals surface area contributed by atoms with Crippen molar-refractivity contribution in [1.82, 2.24) is 5.32 Å². The zero-order valence-corrected chi connectivity index (χ0v) is 10.5. The molecule has 1 aliphatic rings. The van der Waals surface area contributed by atoms with E-state index in [1.54, 1.807) is 0 Å². The molecule has 0 aliphatic carbocycles. The van der Waals surface area contributed by atoms with E-state index in [2.05, 4.69) is 33.0 Å². The quantitative estimate of drug-likeness (QED) is 0.725. The second-order valence-corrected chi connectivity index (χ2v) is 5.65. The zero-order chi connectivity index (χ0) is 11.6. The Morgan fingerprint density at radius 3 is 2.40 bits per heavy atom. The zero-order valence-electron chi connectivity index (χ0n) is 10.5. The van der Waals surface area contributed by atoms with Crippen LogP contribution in [0.15, 0.2) is 0 Å². The van der Waals surface area contributed by atoms with Gasteiger partial charge in [0.2, 0.25) is 5.91 Å². The van der Waals surface area contributed by atoms with E-state index in [4.69, 9.17) is 4.74 Å². The van der Waals surface area contributed by atoms with E-state index in [1.165, 1.54) is 0 Å². The smallest absolute Gasteiger partial charge is 0.222 e. The maximum Gasteiger partial charge on any atom is 0.222 e. The lowest BCUT2D eigenvalue weighted by Crippen LogP contribution is -2.34. The van der Waals surface area contributed by atoms with Crippen molar-refractivity contribution in [3.63, 3.8) is 0 Å². The van der Waals surface area contributed by atoms with Gasteiger partial charge in [-0.3, -0.25) is 4.79 Å². The number of nitrogens with one attached hydrogen (secondary N) is 1. The van der Waals surface area contributed by atoms with Crippen molar-refractivity contribution in [3.8, 4) is 0 Å². The minimum Gasteiger partial charge on any atom is -0.369 e. The molecule has 1 fully saturated rings. The number of epoxide rings is 1. The van der Waals surface area contributed by atoms with Crippen LogP contribution in [0.4, 0.5) is 0 Å². The number of rotatable bonds is 4. The highest BCUT2D eigenvalue weighted by atomic mass is 16.6. The van der Waals surface area contributed by atoms with E-state index in [0.717, 1.165) is 6.54 Å². The molecule has 0 aromatic carbocycles. The van der Waals surface area contributed by atoms with Crippen molar-refractivity contribution < 1.29 is 9.53 Å². The van der Waals surface area contributed by atoms with Gasteiger partial charge in [0, 0.05) is 6.54 Å². The molecule has 0 bridgehead atoms. The molecular formula is C12H23NO2. The summed E-state index contributed by atoms with van der Waals surface area (Å²) in [6, 6.07) is 0. The monoisotopic (exact) mass is 213 g/mol. The number of hydrogen-bond donors (Lipinski definition) is 1. The van der Waals surface area contributed by atoms with Crippen LogP contribution in [-0.2, 0) is 9.53 Å². The average molecular weight is 213 g/mol. The third-order valence-corrected chi connectivity index (χ3v) is 3.31. The van der Waals surface area contributed by atoms with Crippen molar-refractivity contribution in [2.75, 3.05) is 6.54 Å². The fourth-order valence-electron chi connectivity index (χ4n) is 1.27. The summed E-state index contributed by atoms with van der Waals surface area (Å²) >= 11 is 0. The number of hydrogen-bond acceptors (Lipinski definition) is 2. The third-order valence-electron chi connectivity index (χ3n) is 3.31. The molecule has 3 unspecified atom stereocenters. The van der Waals surface area contributed by atoms with E-state index in [0.29, 0.717) is 12.3 Å². The first-order chi connectivity index (χ1) is 6.80. The van der Waals surface area contributed by atoms with E-state index in [1.807, 2.05) is 6.92 Å². The molecule has 1 aliphatic heterocycles. The molecule has 3 atom stereocenters. The van der Waals surface area contributed by atoms with Gasteiger partial charge >= 0.3 is 0 Å². The molecule has 1 amide bonds. The van der Waals surface area contributed by atoms with Gasteiger partial charge < -0.3 is 10.1 Å². The van der Waals surface area contributed by atoms with Gasteiger partial charge in [0.1, 0.15) is 0 Å². The lowest BCUT2D eigenvalue weighted by atomic mass is 9.82. The summed E-state index contributed by atoms with van der Waals surface area (Å²) in [5.41, 5.74) is 0.247. The first-order valence-corrected chi connectivity index (χ1v) is 5.73. The third kappa shape index (κ3) is 4.20. The van der Waals surface area contributed by atoms with Crippen molar-refractivity contribution in [1.29, 1.82) is 0 Å². The highest BCUT2D eigenvalue weighted by molar-refractivity contribution is 5.76. The largest absolute Gasteiger partial charge is 0.369 e. The van der Waals surface area contributed by atoms with Gasteiger partial charge in [-0.1, -0.05) is 27.7 Å². The minimum atomic E-state index is 0.112. The predicted molar refractivity (Wildman–Crippen MR) is 60.6 cm³/mol. The van der Waals surface area contributed by atoms with Crippen LogP contribution in [0.3, 0.4) is 0 Å². The van der Waals surface area contributed by atoms with E-state index < -0.39 is 0 Å². The van der Waals surface area contributed by atoms with Gasteiger partial charge in [-0.15, -0.1) is 0 Å². The second kappa shape index (κ2) is 4.52. The van der Waals surface area contributed by atoms with Gasteiger partial charge in [0.05, 0.1) is 18.6 Å².